The number of rotatable bonds is 4. The van der Waals surface area contributed by atoms with Crippen LogP contribution in [0.4, 0.5) is 0 Å². The number of thioether (sulfide) groups is 1. The van der Waals surface area contributed by atoms with Crippen molar-refractivity contribution in [2.45, 2.75) is 36.2 Å². The van der Waals surface area contributed by atoms with Gasteiger partial charge in [-0.15, -0.1) is 10.2 Å². The van der Waals surface area contributed by atoms with E-state index in [4.69, 9.17) is 0 Å². The molecule has 1 aliphatic carbocycles. The molecule has 3 rings (SSSR count). The summed E-state index contributed by atoms with van der Waals surface area (Å²) in [7, 11) is 0. The Morgan fingerprint density at radius 3 is 2.68 bits per heavy atom. The third kappa shape index (κ3) is 2.75. The third-order valence-corrected chi connectivity index (χ3v) is 4.36. The Kier molecular flexibility index (Phi) is 3.46. The van der Waals surface area contributed by atoms with Crippen molar-refractivity contribution in [2.75, 3.05) is 18.8 Å². The Morgan fingerprint density at radius 1 is 1.37 bits per heavy atom. The second kappa shape index (κ2) is 5.10. The molecule has 2 heterocycles. The molecule has 1 saturated carbocycles. The van der Waals surface area contributed by atoms with Gasteiger partial charge in [-0.2, -0.15) is 0 Å². The predicted molar refractivity (Wildman–Crippen MR) is 67.6 cm³/mol. The highest BCUT2D eigenvalue weighted by molar-refractivity contribution is 7.99. The van der Waals surface area contributed by atoms with Crippen molar-refractivity contribution in [1.29, 1.82) is 0 Å². The molecule has 1 aliphatic heterocycles. The number of hydrogen-bond donors (Lipinski definition) is 2. The second-order valence-electron chi connectivity index (χ2n) is 4.97. The van der Waals surface area contributed by atoms with Gasteiger partial charge in [-0.05, 0) is 12.8 Å². The Balaban J connectivity index is 1.54. The zero-order valence-electron chi connectivity index (χ0n) is 10.3. The molecule has 1 amide bonds. The number of aliphatic hydroxyl groups excluding tert-OH is 2. The smallest absolute Gasteiger partial charge is 0.233 e. The maximum atomic E-state index is 12.0. The first kappa shape index (κ1) is 12.9. The molecule has 2 atom stereocenters. The van der Waals surface area contributed by atoms with E-state index in [1.165, 1.54) is 16.7 Å². The van der Waals surface area contributed by atoms with Crippen molar-refractivity contribution in [3.63, 3.8) is 0 Å². The summed E-state index contributed by atoms with van der Waals surface area (Å²) in [6.45, 7) is 0.408. The Hall–Kier alpha value is -1.12. The highest BCUT2D eigenvalue weighted by Gasteiger charge is 2.33. The molecule has 2 N–H and O–H groups in total. The molecule has 2 aliphatic rings. The first-order chi connectivity index (χ1) is 9.15. The number of carbonyl (C=O) groups excluding carboxylic acids is 1. The molecular formula is C11H16N4O3S. The van der Waals surface area contributed by atoms with E-state index < -0.39 is 12.2 Å². The van der Waals surface area contributed by atoms with E-state index in [-0.39, 0.29) is 24.7 Å². The summed E-state index contributed by atoms with van der Waals surface area (Å²) < 4.78 is 2.01. The van der Waals surface area contributed by atoms with E-state index >= 15 is 0 Å². The van der Waals surface area contributed by atoms with Gasteiger partial charge in [-0.3, -0.25) is 4.79 Å². The van der Waals surface area contributed by atoms with Crippen LogP contribution < -0.4 is 0 Å². The molecule has 1 aromatic rings. The summed E-state index contributed by atoms with van der Waals surface area (Å²) in [5.41, 5.74) is 0. The average Bonchev–Trinajstić information content (AvgIpc) is 3.04. The molecule has 2 fully saturated rings. The molecule has 7 nitrogen and oxygen atoms in total. The molecule has 0 radical (unpaired) electrons. The van der Waals surface area contributed by atoms with E-state index in [0.29, 0.717) is 6.04 Å². The fraction of sp³-hybridized carbons (Fsp3) is 0.727. The number of nitrogens with zero attached hydrogens (tertiary/aromatic N) is 4. The van der Waals surface area contributed by atoms with Gasteiger partial charge >= 0.3 is 0 Å². The maximum absolute atomic E-state index is 12.0. The normalized spacial score (nSPS) is 26.9. The zero-order chi connectivity index (χ0) is 13.4. The monoisotopic (exact) mass is 284 g/mol. The first-order valence-electron chi connectivity index (χ1n) is 6.31. The van der Waals surface area contributed by atoms with Crippen LogP contribution in [0.25, 0.3) is 0 Å². The summed E-state index contributed by atoms with van der Waals surface area (Å²) in [6, 6.07) is 0.489. The van der Waals surface area contributed by atoms with Crippen molar-refractivity contribution in [2.24, 2.45) is 0 Å². The van der Waals surface area contributed by atoms with Gasteiger partial charge in [0.2, 0.25) is 5.91 Å². The Bertz CT molecular complexity index is 466. The lowest BCUT2D eigenvalue weighted by atomic mass is 10.3. The molecule has 8 heteroatoms. The van der Waals surface area contributed by atoms with E-state index in [2.05, 4.69) is 10.2 Å². The van der Waals surface area contributed by atoms with Crippen LogP contribution in [0.2, 0.25) is 0 Å². The lowest BCUT2D eigenvalue weighted by Crippen LogP contribution is -2.31. The SMILES string of the molecule is O=C(CSc1nncn1C1CC1)N1C[C@@H](O)[C@@H](O)C1. The van der Waals surface area contributed by atoms with E-state index in [1.54, 1.807) is 6.33 Å². The van der Waals surface area contributed by atoms with E-state index in [1.807, 2.05) is 4.57 Å². The molecular weight excluding hydrogens is 268 g/mol. The molecule has 104 valence electrons. The van der Waals surface area contributed by atoms with Gasteiger partial charge in [0.1, 0.15) is 6.33 Å². The molecule has 0 bridgehead atoms. The van der Waals surface area contributed by atoms with Crippen LogP contribution in [0.3, 0.4) is 0 Å². The summed E-state index contributed by atoms with van der Waals surface area (Å²) in [5.74, 6) is 0.163. The van der Waals surface area contributed by atoms with Crippen LogP contribution in [0, 0.1) is 0 Å². The van der Waals surface area contributed by atoms with Crippen LogP contribution in [-0.4, -0.2) is 66.8 Å². The minimum atomic E-state index is -0.830. The molecule has 0 unspecified atom stereocenters. The fourth-order valence-electron chi connectivity index (χ4n) is 2.13. The lowest BCUT2D eigenvalue weighted by Gasteiger charge is -2.14. The van der Waals surface area contributed by atoms with Gasteiger partial charge in [0, 0.05) is 19.1 Å². The van der Waals surface area contributed by atoms with Crippen molar-refractivity contribution in [1.82, 2.24) is 19.7 Å². The number of aliphatic hydroxyl groups is 2. The topological polar surface area (TPSA) is 91.5 Å². The standard InChI is InChI=1S/C11H16N4O3S/c16-8-3-14(4-9(8)17)10(18)5-19-11-13-12-6-15(11)7-1-2-7/h6-9,16-17H,1-5H2/t8-,9+. The minimum absolute atomic E-state index is 0.0917. The molecule has 0 aromatic carbocycles. The molecule has 0 spiro atoms. The number of carbonyl (C=O) groups is 1. The van der Waals surface area contributed by atoms with Gasteiger partial charge in [0.25, 0.3) is 0 Å². The highest BCUT2D eigenvalue weighted by Crippen LogP contribution is 2.37. The van der Waals surface area contributed by atoms with Gasteiger partial charge < -0.3 is 19.7 Å². The predicted octanol–water partition coefficient (Wildman–Crippen LogP) is -0.731. The third-order valence-electron chi connectivity index (χ3n) is 3.42. The summed E-state index contributed by atoms with van der Waals surface area (Å²) >= 11 is 1.35. The van der Waals surface area contributed by atoms with Gasteiger partial charge in [0.15, 0.2) is 5.16 Å². The van der Waals surface area contributed by atoms with E-state index in [9.17, 15) is 15.0 Å². The van der Waals surface area contributed by atoms with Gasteiger partial charge in [-0.1, -0.05) is 11.8 Å². The second-order valence-corrected chi connectivity index (χ2v) is 5.92. The summed E-state index contributed by atoms with van der Waals surface area (Å²) in [4.78, 5) is 13.4. The van der Waals surface area contributed by atoms with E-state index in [0.717, 1.165) is 18.0 Å². The summed E-state index contributed by atoms with van der Waals surface area (Å²) in [6.07, 6.45) is 2.33. The average molecular weight is 284 g/mol. The van der Waals surface area contributed by atoms with Crippen molar-refractivity contribution in [3.8, 4) is 0 Å². The number of hydrogen-bond acceptors (Lipinski definition) is 6. The Morgan fingerprint density at radius 2 is 2.05 bits per heavy atom. The Labute approximate surface area is 114 Å². The number of β-amino-alcohol motifs (C(OH)–C–C–N with tert-alkyl or cyclic N) is 2. The lowest BCUT2D eigenvalue weighted by molar-refractivity contribution is -0.127. The fourth-order valence-corrected chi connectivity index (χ4v) is 3.01. The number of aromatic nitrogens is 3. The van der Waals surface area contributed by atoms with Crippen LogP contribution in [0.5, 0.6) is 0 Å². The van der Waals surface area contributed by atoms with Crippen LogP contribution >= 0.6 is 11.8 Å². The van der Waals surface area contributed by atoms with Crippen molar-refractivity contribution >= 4 is 17.7 Å². The van der Waals surface area contributed by atoms with Crippen LogP contribution in [0.1, 0.15) is 18.9 Å². The molecule has 1 aromatic heterocycles. The highest BCUT2D eigenvalue weighted by atomic mass is 32.2. The summed E-state index contributed by atoms with van der Waals surface area (Å²) in [5, 5.41) is 27.5. The van der Waals surface area contributed by atoms with Gasteiger partial charge in [0.05, 0.1) is 18.0 Å². The first-order valence-corrected chi connectivity index (χ1v) is 7.30. The quantitative estimate of drug-likeness (QED) is 0.708. The minimum Gasteiger partial charge on any atom is -0.388 e. The maximum Gasteiger partial charge on any atom is 0.233 e. The van der Waals surface area contributed by atoms with Crippen molar-refractivity contribution < 1.29 is 15.0 Å². The van der Waals surface area contributed by atoms with Crippen molar-refractivity contribution in [3.05, 3.63) is 6.33 Å². The zero-order valence-corrected chi connectivity index (χ0v) is 11.2. The van der Waals surface area contributed by atoms with Gasteiger partial charge in [-0.25, -0.2) is 0 Å². The number of likely N-dealkylation sites (tertiary alicyclic amines) is 1. The van der Waals surface area contributed by atoms with Crippen LogP contribution in [-0.2, 0) is 4.79 Å². The van der Waals surface area contributed by atoms with Crippen LogP contribution in [0.15, 0.2) is 11.5 Å². The largest absolute Gasteiger partial charge is 0.388 e. The molecule has 19 heavy (non-hydrogen) atoms. The number of amides is 1. The molecule has 1 saturated heterocycles.